The van der Waals surface area contributed by atoms with Crippen LogP contribution in [0.3, 0.4) is 0 Å². The third-order valence-electron chi connectivity index (χ3n) is 3.34. The van der Waals surface area contributed by atoms with E-state index in [2.05, 4.69) is 17.2 Å². The molecular weight excluding hydrogens is 262 g/mol. The predicted molar refractivity (Wildman–Crippen MR) is 83.4 cm³/mol. The van der Waals surface area contributed by atoms with Crippen LogP contribution in [0.15, 0.2) is 60.7 Å². The zero-order valence-electron chi connectivity index (χ0n) is 11.9. The van der Waals surface area contributed by atoms with Crippen LogP contribution in [-0.4, -0.2) is 16.9 Å². The average Bonchev–Trinajstić information content (AvgIpc) is 3.00. The van der Waals surface area contributed by atoms with E-state index in [1.54, 1.807) is 7.11 Å². The van der Waals surface area contributed by atoms with Crippen LogP contribution < -0.4 is 10.5 Å². The van der Waals surface area contributed by atoms with E-state index < -0.39 is 0 Å². The molecule has 21 heavy (non-hydrogen) atoms. The van der Waals surface area contributed by atoms with E-state index in [-0.39, 0.29) is 0 Å². The van der Waals surface area contributed by atoms with Gasteiger partial charge in [-0.3, -0.25) is 0 Å². The summed E-state index contributed by atoms with van der Waals surface area (Å²) in [5.41, 5.74) is 9.68. The molecule has 3 rings (SSSR count). The number of rotatable bonds is 4. The Labute approximate surface area is 123 Å². The largest absolute Gasteiger partial charge is 0.497 e. The molecule has 0 radical (unpaired) electrons. The minimum Gasteiger partial charge on any atom is -0.497 e. The molecule has 4 nitrogen and oxygen atoms in total. The molecule has 0 aliphatic carbocycles. The first-order valence-electron chi connectivity index (χ1n) is 6.80. The summed E-state index contributed by atoms with van der Waals surface area (Å²) >= 11 is 0. The molecule has 2 aromatic carbocycles. The lowest BCUT2D eigenvalue weighted by Gasteiger charge is -2.09. The summed E-state index contributed by atoms with van der Waals surface area (Å²) in [5, 5.41) is 4.59. The topological polar surface area (TPSA) is 53.1 Å². The van der Waals surface area contributed by atoms with Gasteiger partial charge in [-0.2, -0.15) is 5.10 Å². The molecule has 0 aliphatic heterocycles. The predicted octanol–water partition coefficient (Wildman–Crippen LogP) is 3.01. The van der Waals surface area contributed by atoms with Gasteiger partial charge in [0.05, 0.1) is 24.2 Å². The molecule has 0 unspecified atom stereocenters. The zero-order valence-corrected chi connectivity index (χ0v) is 11.9. The first-order valence-corrected chi connectivity index (χ1v) is 6.80. The van der Waals surface area contributed by atoms with Crippen LogP contribution in [0, 0.1) is 0 Å². The van der Waals surface area contributed by atoms with Gasteiger partial charge in [-0.1, -0.05) is 36.4 Å². The second kappa shape index (κ2) is 5.81. The number of aromatic nitrogens is 2. The molecule has 0 saturated carbocycles. The summed E-state index contributed by atoms with van der Waals surface area (Å²) in [6.45, 7) is 0.413. The molecule has 0 spiro atoms. The van der Waals surface area contributed by atoms with Crippen molar-refractivity contribution in [3.63, 3.8) is 0 Å². The molecule has 0 fully saturated rings. The number of nitrogens with two attached hydrogens (primary N) is 1. The molecule has 0 saturated heterocycles. The van der Waals surface area contributed by atoms with E-state index in [1.165, 1.54) is 0 Å². The molecular formula is C17H17N3O. The fourth-order valence-corrected chi connectivity index (χ4v) is 2.28. The van der Waals surface area contributed by atoms with Crippen molar-refractivity contribution in [2.24, 2.45) is 5.73 Å². The molecule has 1 aromatic heterocycles. The number of benzene rings is 2. The molecule has 4 heteroatoms. The summed E-state index contributed by atoms with van der Waals surface area (Å²) in [7, 11) is 1.66. The molecule has 0 amide bonds. The quantitative estimate of drug-likeness (QED) is 0.798. The maximum Gasteiger partial charge on any atom is 0.121 e. The van der Waals surface area contributed by atoms with Crippen LogP contribution in [0.25, 0.3) is 16.9 Å². The second-order valence-electron chi connectivity index (χ2n) is 4.70. The Morgan fingerprint density at radius 1 is 1.05 bits per heavy atom. The van der Waals surface area contributed by atoms with E-state index in [0.717, 1.165) is 28.4 Å². The maximum atomic E-state index is 5.74. The molecule has 3 aromatic rings. The highest BCUT2D eigenvalue weighted by molar-refractivity contribution is 5.63. The lowest BCUT2D eigenvalue weighted by atomic mass is 10.1. The van der Waals surface area contributed by atoms with Gasteiger partial charge in [0, 0.05) is 18.2 Å². The fourth-order valence-electron chi connectivity index (χ4n) is 2.28. The van der Waals surface area contributed by atoms with Gasteiger partial charge < -0.3 is 10.5 Å². The number of hydrogen-bond acceptors (Lipinski definition) is 3. The van der Waals surface area contributed by atoms with Crippen molar-refractivity contribution in [2.75, 3.05) is 7.11 Å². The van der Waals surface area contributed by atoms with Crippen molar-refractivity contribution >= 4 is 0 Å². The van der Waals surface area contributed by atoms with Gasteiger partial charge in [0.15, 0.2) is 0 Å². The molecule has 1 heterocycles. The third-order valence-corrected chi connectivity index (χ3v) is 3.34. The first-order chi connectivity index (χ1) is 10.3. The number of hydrogen-bond donors (Lipinski definition) is 1. The van der Waals surface area contributed by atoms with Crippen LogP contribution in [0.1, 0.15) is 5.69 Å². The van der Waals surface area contributed by atoms with Gasteiger partial charge in [0.25, 0.3) is 0 Å². The smallest absolute Gasteiger partial charge is 0.121 e. The number of ether oxygens (including phenoxy) is 1. The Hall–Kier alpha value is -2.59. The van der Waals surface area contributed by atoms with Gasteiger partial charge in [-0.05, 0) is 18.2 Å². The van der Waals surface area contributed by atoms with Crippen molar-refractivity contribution in [3.8, 4) is 22.7 Å². The second-order valence-corrected chi connectivity index (χ2v) is 4.70. The molecule has 0 atom stereocenters. The Balaban J connectivity index is 2.15. The molecule has 0 bridgehead atoms. The Morgan fingerprint density at radius 3 is 2.57 bits per heavy atom. The summed E-state index contributed by atoms with van der Waals surface area (Å²) < 4.78 is 7.19. The third kappa shape index (κ3) is 2.66. The summed E-state index contributed by atoms with van der Waals surface area (Å²) in [6, 6.07) is 20.0. The van der Waals surface area contributed by atoms with E-state index in [0.29, 0.717) is 6.54 Å². The van der Waals surface area contributed by atoms with Crippen LogP contribution in [0.2, 0.25) is 0 Å². The highest BCUT2D eigenvalue weighted by atomic mass is 16.5. The normalized spacial score (nSPS) is 10.6. The van der Waals surface area contributed by atoms with Crippen LogP contribution >= 0.6 is 0 Å². The number of methoxy groups -OCH3 is 1. The lowest BCUT2D eigenvalue weighted by molar-refractivity contribution is 0.414. The summed E-state index contributed by atoms with van der Waals surface area (Å²) in [5.74, 6) is 0.802. The average molecular weight is 279 g/mol. The standard InChI is InChI=1S/C17H17N3O/c1-21-16-9-5-8-15(11-16)20-17(10-14(12-18)19-20)13-6-3-2-4-7-13/h2-11H,12,18H2,1H3. The van der Waals surface area contributed by atoms with Crippen molar-refractivity contribution in [1.82, 2.24) is 9.78 Å². The van der Waals surface area contributed by atoms with Crippen LogP contribution in [0.4, 0.5) is 0 Å². The lowest BCUT2D eigenvalue weighted by Crippen LogP contribution is -2.02. The van der Waals surface area contributed by atoms with Crippen LogP contribution in [0.5, 0.6) is 5.75 Å². The molecule has 0 aliphatic rings. The van der Waals surface area contributed by atoms with E-state index in [4.69, 9.17) is 10.5 Å². The SMILES string of the molecule is COc1cccc(-n2nc(CN)cc2-c2ccccc2)c1. The highest BCUT2D eigenvalue weighted by Gasteiger charge is 2.11. The van der Waals surface area contributed by atoms with Gasteiger partial charge in [0.2, 0.25) is 0 Å². The van der Waals surface area contributed by atoms with Gasteiger partial charge in [-0.15, -0.1) is 0 Å². The van der Waals surface area contributed by atoms with Crippen molar-refractivity contribution in [3.05, 3.63) is 66.4 Å². The van der Waals surface area contributed by atoms with E-state index in [9.17, 15) is 0 Å². The van der Waals surface area contributed by atoms with E-state index in [1.807, 2.05) is 53.2 Å². The summed E-state index contributed by atoms with van der Waals surface area (Å²) in [4.78, 5) is 0. The highest BCUT2D eigenvalue weighted by Crippen LogP contribution is 2.25. The van der Waals surface area contributed by atoms with Crippen molar-refractivity contribution < 1.29 is 4.74 Å². The minimum absolute atomic E-state index is 0.413. The Morgan fingerprint density at radius 2 is 1.86 bits per heavy atom. The van der Waals surface area contributed by atoms with E-state index >= 15 is 0 Å². The van der Waals surface area contributed by atoms with Crippen LogP contribution in [-0.2, 0) is 6.54 Å². The van der Waals surface area contributed by atoms with Gasteiger partial charge in [-0.25, -0.2) is 4.68 Å². The molecule has 106 valence electrons. The molecule has 2 N–H and O–H groups in total. The maximum absolute atomic E-state index is 5.74. The monoisotopic (exact) mass is 279 g/mol. The minimum atomic E-state index is 0.413. The first kappa shape index (κ1) is 13.4. The van der Waals surface area contributed by atoms with Gasteiger partial charge >= 0.3 is 0 Å². The fraction of sp³-hybridized carbons (Fsp3) is 0.118. The van der Waals surface area contributed by atoms with Gasteiger partial charge in [0.1, 0.15) is 5.75 Å². The van der Waals surface area contributed by atoms with Crippen molar-refractivity contribution in [2.45, 2.75) is 6.54 Å². The zero-order chi connectivity index (χ0) is 14.7. The Bertz CT molecular complexity index is 735. The van der Waals surface area contributed by atoms with Crippen molar-refractivity contribution in [1.29, 1.82) is 0 Å². The summed E-state index contributed by atoms with van der Waals surface area (Å²) in [6.07, 6.45) is 0. The number of nitrogens with zero attached hydrogens (tertiary/aromatic N) is 2. The Kier molecular flexibility index (Phi) is 3.71.